The van der Waals surface area contributed by atoms with Crippen molar-refractivity contribution in [1.29, 1.82) is 0 Å². The summed E-state index contributed by atoms with van der Waals surface area (Å²) in [4.78, 5) is 24.3. The molecule has 1 aromatic carbocycles. The number of hydrogen-bond donors (Lipinski definition) is 0. The Morgan fingerprint density at radius 2 is 1.50 bits per heavy atom. The third-order valence-electron chi connectivity index (χ3n) is 2.98. The van der Waals surface area contributed by atoms with Gasteiger partial charge in [-0.05, 0) is 24.0 Å². The highest BCUT2D eigenvalue weighted by Crippen LogP contribution is 2.17. The van der Waals surface area contributed by atoms with E-state index in [2.05, 4.69) is 6.92 Å². The summed E-state index contributed by atoms with van der Waals surface area (Å²) in [5.41, 5.74) is 0.399. The van der Waals surface area contributed by atoms with Gasteiger partial charge in [-0.1, -0.05) is 52.7 Å². The lowest BCUT2D eigenvalue weighted by molar-refractivity contribution is 0.0352. The molecule has 0 saturated carbocycles. The summed E-state index contributed by atoms with van der Waals surface area (Å²) in [7, 11) is 0. The third-order valence-corrected chi connectivity index (χ3v) is 2.98. The van der Waals surface area contributed by atoms with E-state index in [1.54, 1.807) is 24.3 Å². The van der Waals surface area contributed by atoms with Crippen LogP contribution in [0.25, 0.3) is 0 Å². The first kappa shape index (κ1) is 18.2. The summed E-state index contributed by atoms with van der Waals surface area (Å²) >= 11 is 0. The predicted octanol–water partition coefficient (Wildman–Crippen LogP) is 4.24. The fourth-order valence-electron chi connectivity index (χ4n) is 1.79. The van der Waals surface area contributed by atoms with E-state index in [1.165, 1.54) is 0 Å². The van der Waals surface area contributed by atoms with Gasteiger partial charge in [0.1, 0.15) is 0 Å². The van der Waals surface area contributed by atoms with Gasteiger partial charge in [-0.3, -0.25) is 0 Å². The summed E-state index contributed by atoms with van der Waals surface area (Å²) in [5.74, 6) is -0.963. The van der Waals surface area contributed by atoms with Crippen LogP contribution in [0, 0.1) is 5.41 Å². The van der Waals surface area contributed by atoms with Gasteiger partial charge in [0.05, 0.1) is 24.3 Å². The molecule has 0 atom stereocenters. The minimum Gasteiger partial charge on any atom is -0.462 e. The van der Waals surface area contributed by atoms with E-state index in [-0.39, 0.29) is 16.5 Å². The van der Waals surface area contributed by atoms with Gasteiger partial charge in [0.2, 0.25) is 0 Å². The molecule has 0 aliphatic heterocycles. The average Bonchev–Trinajstić information content (AvgIpc) is 2.48. The van der Waals surface area contributed by atoms with E-state index in [9.17, 15) is 9.59 Å². The zero-order valence-corrected chi connectivity index (χ0v) is 14.0. The van der Waals surface area contributed by atoms with Crippen LogP contribution in [0.4, 0.5) is 0 Å². The summed E-state index contributed by atoms with van der Waals surface area (Å²) in [6, 6.07) is 6.61. The highest BCUT2D eigenvalue weighted by Gasteiger charge is 2.21. The first-order valence-electron chi connectivity index (χ1n) is 7.78. The predicted molar refractivity (Wildman–Crippen MR) is 86.0 cm³/mol. The lowest BCUT2D eigenvalue weighted by Crippen LogP contribution is -2.20. The molecule has 0 amide bonds. The first-order chi connectivity index (χ1) is 10.3. The second-order valence-corrected chi connectivity index (χ2v) is 6.53. The molecule has 0 bridgehead atoms. The van der Waals surface area contributed by atoms with Gasteiger partial charge in [0.15, 0.2) is 0 Å². The van der Waals surface area contributed by atoms with Crippen molar-refractivity contribution in [2.24, 2.45) is 5.41 Å². The highest BCUT2D eigenvalue weighted by molar-refractivity contribution is 6.03. The SMILES string of the molecule is CCCCCOC(=O)c1ccccc1C(=O)OCC(C)(C)C. The van der Waals surface area contributed by atoms with E-state index in [0.717, 1.165) is 19.3 Å². The molecule has 0 aliphatic carbocycles. The third kappa shape index (κ3) is 6.29. The molecule has 1 aromatic rings. The zero-order chi connectivity index (χ0) is 16.6. The molecule has 0 fully saturated rings. The molecule has 0 aromatic heterocycles. The maximum absolute atomic E-state index is 12.2. The largest absolute Gasteiger partial charge is 0.462 e. The summed E-state index contributed by atoms with van der Waals surface area (Å²) in [6.45, 7) is 8.70. The lowest BCUT2D eigenvalue weighted by Gasteiger charge is -2.18. The molecule has 0 unspecified atom stereocenters. The molecular formula is C18H26O4. The van der Waals surface area contributed by atoms with Crippen molar-refractivity contribution in [2.45, 2.75) is 47.0 Å². The van der Waals surface area contributed by atoms with E-state index in [4.69, 9.17) is 9.47 Å². The van der Waals surface area contributed by atoms with Crippen molar-refractivity contribution in [1.82, 2.24) is 0 Å². The number of ether oxygens (including phenoxy) is 2. The number of carbonyl (C=O) groups excluding carboxylic acids is 2. The van der Waals surface area contributed by atoms with Crippen molar-refractivity contribution in [3.05, 3.63) is 35.4 Å². The highest BCUT2D eigenvalue weighted by atomic mass is 16.5. The van der Waals surface area contributed by atoms with Crippen LogP contribution < -0.4 is 0 Å². The second kappa shape index (κ2) is 8.57. The van der Waals surface area contributed by atoms with Gasteiger partial charge < -0.3 is 9.47 Å². The van der Waals surface area contributed by atoms with Crippen LogP contribution in [-0.2, 0) is 9.47 Å². The molecule has 0 spiro atoms. The number of esters is 2. The molecule has 0 N–H and O–H groups in total. The molecular weight excluding hydrogens is 280 g/mol. The van der Waals surface area contributed by atoms with Crippen LogP contribution in [-0.4, -0.2) is 25.2 Å². The molecule has 4 heteroatoms. The monoisotopic (exact) mass is 306 g/mol. The van der Waals surface area contributed by atoms with E-state index >= 15 is 0 Å². The fraction of sp³-hybridized carbons (Fsp3) is 0.556. The Kier molecular flexibility index (Phi) is 7.09. The Labute approximate surface area is 132 Å². The standard InChI is InChI=1S/C18H26O4/c1-5-6-9-12-21-16(19)14-10-7-8-11-15(14)17(20)22-13-18(2,3)4/h7-8,10-11H,5-6,9,12-13H2,1-4H3. The molecule has 0 heterocycles. The topological polar surface area (TPSA) is 52.6 Å². The quantitative estimate of drug-likeness (QED) is 0.558. The molecule has 1 rings (SSSR count). The normalized spacial score (nSPS) is 11.1. The second-order valence-electron chi connectivity index (χ2n) is 6.53. The minimum atomic E-state index is -0.490. The van der Waals surface area contributed by atoms with Gasteiger partial charge >= 0.3 is 11.9 Å². The Bertz CT molecular complexity index is 500. The van der Waals surface area contributed by atoms with Crippen LogP contribution in [0.15, 0.2) is 24.3 Å². The Hall–Kier alpha value is -1.84. The Morgan fingerprint density at radius 3 is 2.00 bits per heavy atom. The van der Waals surface area contributed by atoms with Crippen molar-refractivity contribution in [3.8, 4) is 0 Å². The van der Waals surface area contributed by atoms with Crippen LogP contribution in [0.3, 0.4) is 0 Å². The fourth-order valence-corrected chi connectivity index (χ4v) is 1.79. The van der Waals surface area contributed by atoms with E-state index in [1.807, 2.05) is 20.8 Å². The van der Waals surface area contributed by atoms with Crippen molar-refractivity contribution >= 4 is 11.9 Å². The first-order valence-corrected chi connectivity index (χ1v) is 7.78. The molecule has 0 radical (unpaired) electrons. The van der Waals surface area contributed by atoms with Gasteiger partial charge in [-0.25, -0.2) is 9.59 Å². The van der Waals surface area contributed by atoms with E-state index in [0.29, 0.717) is 13.2 Å². The number of rotatable bonds is 7. The van der Waals surface area contributed by atoms with Crippen molar-refractivity contribution < 1.29 is 19.1 Å². The van der Waals surface area contributed by atoms with Gasteiger partial charge in [-0.2, -0.15) is 0 Å². The number of benzene rings is 1. The van der Waals surface area contributed by atoms with Crippen LogP contribution in [0.5, 0.6) is 0 Å². The molecule has 4 nitrogen and oxygen atoms in total. The maximum atomic E-state index is 12.2. The van der Waals surface area contributed by atoms with Gasteiger partial charge in [0, 0.05) is 0 Å². The molecule has 22 heavy (non-hydrogen) atoms. The Balaban J connectivity index is 2.72. The minimum absolute atomic E-state index is 0.120. The average molecular weight is 306 g/mol. The number of carbonyl (C=O) groups is 2. The van der Waals surface area contributed by atoms with Crippen LogP contribution in [0.2, 0.25) is 0 Å². The Morgan fingerprint density at radius 1 is 0.955 bits per heavy atom. The molecule has 122 valence electrons. The molecule has 0 saturated heterocycles. The summed E-state index contributed by atoms with van der Waals surface area (Å²) in [5, 5.41) is 0. The van der Waals surface area contributed by atoms with Crippen LogP contribution in [0.1, 0.15) is 67.7 Å². The molecule has 0 aliphatic rings. The van der Waals surface area contributed by atoms with E-state index < -0.39 is 11.9 Å². The van der Waals surface area contributed by atoms with Gasteiger partial charge in [0.25, 0.3) is 0 Å². The zero-order valence-electron chi connectivity index (χ0n) is 14.0. The van der Waals surface area contributed by atoms with Gasteiger partial charge in [-0.15, -0.1) is 0 Å². The summed E-state index contributed by atoms with van der Waals surface area (Å²) < 4.78 is 10.5. The number of unbranched alkanes of at least 4 members (excludes halogenated alkanes) is 2. The summed E-state index contributed by atoms with van der Waals surface area (Å²) in [6.07, 6.45) is 2.91. The van der Waals surface area contributed by atoms with Crippen molar-refractivity contribution in [3.63, 3.8) is 0 Å². The van der Waals surface area contributed by atoms with Crippen LogP contribution >= 0.6 is 0 Å². The number of hydrogen-bond acceptors (Lipinski definition) is 4. The smallest absolute Gasteiger partial charge is 0.339 e. The lowest BCUT2D eigenvalue weighted by atomic mass is 9.98. The maximum Gasteiger partial charge on any atom is 0.339 e. The van der Waals surface area contributed by atoms with Crippen molar-refractivity contribution in [2.75, 3.05) is 13.2 Å².